The standard InChI is InChI=1S/C25H29Cl2N3S/c1-16-7-12-19(13-8-16)30-23(31)29-22(25(30,5)6)28-21(24(2,3)4)14-10-17-9-11-18(26)15-20(17)27/h7-15,21H,1-6H3,(H,28,29,31). The molecule has 0 aromatic heterocycles. The lowest BCUT2D eigenvalue weighted by atomic mass is 9.86. The molecule has 31 heavy (non-hydrogen) atoms. The summed E-state index contributed by atoms with van der Waals surface area (Å²) in [5, 5.41) is 5.26. The topological polar surface area (TPSA) is 27.6 Å². The zero-order valence-corrected chi connectivity index (χ0v) is 21.2. The Hall–Kier alpha value is -1.88. The van der Waals surface area contributed by atoms with Crippen molar-refractivity contribution in [1.29, 1.82) is 0 Å². The molecule has 1 saturated heterocycles. The molecule has 1 atom stereocenters. The molecule has 1 aliphatic heterocycles. The molecular formula is C25H29Cl2N3S. The number of aryl methyl sites for hydroxylation is 1. The molecule has 2 aromatic carbocycles. The summed E-state index contributed by atoms with van der Waals surface area (Å²) in [5.41, 5.74) is 2.68. The summed E-state index contributed by atoms with van der Waals surface area (Å²) in [7, 11) is 0. The quantitative estimate of drug-likeness (QED) is 0.471. The molecule has 0 bridgehead atoms. The third kappa shape index (κ3) is 5.31. The van der Waals surface area contributed by atoms with E-state index in [1.807, 2.05) is 18.2 Å². The summed E-state index contributed by atoms with van der Waals surface area (Å²) in [4.78, 5) is 7.25. The number of aliphatic imine (C=N–C) groups is 1. The molecule has 3 nitrogen and oxygen atoms in total. The van der Waals surface area contributed by atoms with Crippen LogP contribution in [0.4, 0.5) is 5.69 Å². The van der Waals surface area contributed by atoms with Gasteiger partial charge in [-0.1, -0.05) is 79.9 Å². The van der Waals surface area contributed by atoms with Gasteiger partial charge in [-0.05, 0) is 68.2 Å². The first-order chi connectivity index (χ1) is 14.4. The van der Waals surface area contributed by atoms with Gasteiger partial charge in [0.2, 0.25) is 0 Å². The van der Waals surface area contributed by atoms with Crippen molar-refractivity contribution in [2.45, 2.75) is 53.1 Å². The number of nitrogens with zero attached hydrogens (tertiary/aromatic N) is 2. The molecule has 6 heteroatoms. The highest BCUT2D eigenvalue weighted by Gasteiger charge is 2.43. The van der Waals surface area contributed by atoms with Gasteiger partial charge >= 0.3 is 0 Å². The van der Waals surface area contributed by atoms with E-state index in [1.165, 1.54) is 5.56 Å². The van der Waals surface area contributed by atoms with Crippen molar-refractivity contribution in [3.63, 3.8) is 0 Å². The van der Waals surface area contributed by atoms with Crippen LogP contribution in [0.5, 0.6) is 0 Å². The fourth-order valence-electron chi connectivity index (χ4n) is 3.49. The Morgan fingerprint density at radius 1 is 1.10 bits per heavy atom. The van der Waals surface area contributed by atoms with Gasteiger partial charge in [0.05, 0.1) is 11.6 Å². The zero-order chi connectivity index (χ0) is 23.0. The van der Waals surface area contributed by atoms with Crippen LogP contribution >= 0.6 is 35.4 Å². The Balaban J connectivity index is 1.96. The van der Waals surface area contributed by atoms with Gasteiger partial charge in [0.1, 0.15) is 5.84 Å². The molecule has 0 radical (unpaired) electrons. The summed E-state index contributed by atoms with van der Waals surface area (Å²) >= 11 is 18.1. The smallest absolute Gasteiger partial charge is 0.179 e. The molecule has 1 heterocycles. The van der Waals surface area contributed by atoms with Gasteiger partial charge in [-0.2, -0.15) is 0 Å². The first-order valence-electron chi connectivity index (χ1n) is 10.3. The van der Waals surface area contributed by atoms with Crippen LogP contribution < -0.4 is 10.2 Å². The van der Waals surface area contributed by atoms with Crippen molar-refractivity contribution >= 4 is 58.1 Å². The molecule has 2 aromatic rings. The number of anilines is 1. The Labute approximate surface area is 201 Å². The lowest BCUT2D eigenvalue weighted by Crippen LogP contribution is -2.45. The van der Waals surface area contributed by atoms with E-state index < -0.39 is 5.54 Å². The first kappa shape index (κ1) is 23.8. The van der Waals surface area contributed by atoms with Gasteiger partial charge in [0.25, 0.3) is 0 Å². The molecule has 1 fully saturated rings. The summed E-state index contributed by atoms with van der Waals surface area (Å²) in [6.07, 6.45) is 4.11. The average Bonchev–Trinajstić information content (AvgIpc) is 2.88. The maximum Gasteiger partial charge on any atom is 0.179 e. The van der Waals surface area contributed by atoms with Gasteiger partial charge in [0.15, 0.2) is 5.11 Å². The normalized spacial score (nSPS) is 18.6. The highest BCUT2D eigenvalue weighted by Crippen LogP contribution is 2.32. The molecule has 1 N–H and O–H groups in total. The van der Waals surface area contributed by atoms with Crippen LogP contribution in [0.2, 0.25) is 10.0 Å². The van der Waals surface area contributed by atoms with Crippen LogP contribution in [0, 0.1) is 12.3 Å². The second kappa shape index (κ2) is 8.93. The van der Waals surface area contributed by atoms with Crippen LogP contribution in [0.3, 0.4) is 0 Å². The Morgan fingerprint density at radius 3 is 2.32 bits per heavy atom. The van der Waals surface area contributed by atoms with E-state index in [4.69, 9.17) is 40.4 Å². The zero-order valence-electron chi connectivity index (χ0n) is 18.8. The minimum Gasteiger partial charge on any atom is -0.319 e. The molecule has 0 saturated carbocycles. The van der Waals surface area contributed by atoms with Crippen molar-refractivity contribution in [1.82, 2.24) is 5.32 Å². The minimum absolute atomic E-state index is 0.0817. The van der Waals surface area contributed by atoms with Crippen molar-refractivity contribution in [2.24, 2.45) is 10.4 Å². The van der Waals surface area contributed by atoms with E-state index in [1.54, 1.807) is 6.07 Å². The number of halogens is 2. The van der Waals surface area contributed by atoms with Crippen LogP contribution in [0.15, 0.2) is 53.5 Å². The van der Waals surface area contributed by atoms with Crippen LogP contribution in [-0.4, -0.2) is 22.5 Å². The number of hydrogen-bond donors (Lipinski definition) is 1. The molecule has 0 spiro atoms. The fraction of sp³-hybridized carbons (Fsp3) is 0.360. The Bertz CT molecular complexity index is 1030. The second-order valence-electron chi connectivity index (χ2n) is 9.47. The van der Waals surface area contributed by atoms with Gasteiger partial charge in [0, 0.05) is 15.7 Å². The van der Waals surface area contributed by atoms with Gasteiger partial charge in [-0.15, -0.1) is 0 Å². The third-order valence-corrected chi connectivity index (χ3v) is 6.28. The third-order valence-electron chi connectivity index (χ3n) is 5.44. The van der Waals surface area contributed by atoms with Crippen molar-refractivity contribution in [3.8, 4) is 0 Å². The molecule has 1 unspecified atom stereocenters. The SMILES string of the molecule is Cc1ccc(N2C(=S)NC(=NC(C=Cc3ccc(Cl)cc3Cl)C(C)(C)C)C2(C)C)cc1. The molecule has 1 aliphatic rings. The number of thiocarbonyl (C=S) groups is 1. The lowest BCUT2D eigenvalue weighted by molar-refractivity contribution is 0.367. The summed E-state index contributed by atoms with van der Waals surface area (Å²) < 4.78 is 0. The molecule has 164 valence electrons. The predicted octanol–water partition coefficient (Wildman–Crippen LogP) is 7.30. The van der Waals surface area contributed by atoms with E-state index >= 15 is 0 Å². The van der Waals surface area contributed by atoms with E-state index in [0.717, 1.165) is 17.1 Å². The number of nitrogens with one attached hydrogen (secondary N) is 1. The van der Waals surface area contributed by atoms with E-state index in [0.29, 0.717) is 15.2 Å². The Morgan fingerprint density at radius 2 is 1.74 bits per heavy atom. The second-order valence-corrected chi connectivity index (χ2v) is 10.7. The van der Waals surface area contributed by atoms with E-state index in [9.17, 15) is 0 Å². The van der Waals surface area contributed by atoms with Crippen molar-refractivity contribution < 1.29 is 0 Å². The fourth-order valence-corrected chi connectivity index (χ4v) is 4.39. The Kier molecular flexibility index (Phi) is 6.85. The maximum absolute atomic E-state index is 6.35. The number of hydrogen-bond acceptors (Lipinski definition) is 2. The maximum atomic E-state index is 6.35. The van der Waals surface area contributed by atoms with Crippen LogP contribution in [0.25, 0.3) is 6.08 Å². The van der Waals surface area contributed by atoms with E-state index in [-0.39, 0.29) is 11.5 Å². The van der Waals surface area contributed by atoms with Gasteiger partial charge in [-0.25, -0.2) is 0 Å². The number of rotatable bonds is 4. The molecule has 3 rings (SSSR count). The van der Waals surface area contributed by atoms with Crippen LogP contribution in [-0.2, 0) is 0 Å². The minimum atomic E-state index is -0.401. The lowest BCUT2D eigenvalue weighted by Gasteiger charge is -2.32. The summed E-state index contributed by atoms with van der Waals surface area (Å²) in [6.45, 7) is 12.9. The highest BCUT2D eigenvalue weighted by molar-refractivity contribution is 7.80. The first-order valence-corrected chi connectivity index (χ1v) is 11.5. The number of amidine groups is 1. The predicted molar refractivity (Wildman–Crippen MR) is 140 cm³/mol. The molecule has 0 amide bonds. The number of benzene rings is 2. The summed E-state index contributed by atoms with van der Waals surface area (Å²) in [6, 6.07) is 13.8. The van der Waals surface area contributed by atoms with Gasteiger partial charge < -0.3 is 10.2 Å². The largest absolute Gasteiger partial charge is 0.319 e. The monoisotopic (exact) mass is 473 g/mol. The molecule has 0 aliphatic carbocycles. The van der Waals surface area contributed by atoms with Gasteiger partial charge in [-0.3, -0.25) is 4.99 Å². The van der Waals surface area contributed by atoms with Crippen molar-refractivity contribution in [3.05, 3.63) is 69.7 Å². The van der Waals surface area contributed by atoms with E-state index in [2.05, 4.69) is 82.1 Å². The van der Waals surface area contributed by atoms with Crippen molar-refractivity contribution in [2.75, 3.05) is 4.90 Å². The average molecular weight is 475 g/mol. The van der Waals surface area contributed by atoms with Crippen LogP contribution in [0.1, 0.15) is 45.7 Å². The highest BCUT2D eigenvalue weighted by atomic mass is 35.5. The molecular weight excluding hydrogens is 445 g/mol. The summed E-state index contributed by atoms with van der Waals surface area (Å²) in [5.74, 6) is 0.852.